The molecule has 0 saturated heterocycles. The molecule has 0 saturated carbocycles. The van der Waals surface area contributed by atoms with Crippen molar-refractivity contribution in [3.05, 3.63) is 0 Å². The van der Waals surface area contributed by atoms with E-state index in [2.05, 4.69) is 10.5 Å². The number of hydrogen-bond donors (Lipinski definition) is 1. The van der Waals surface area contributed by atoms with Gasteiger partial charge < -0.3 is 4.74 Å². The Morgan fingerprint density at radius 1 is 1.73 bits per heavy atom. The van der Waals surface area contributed by atoms with Gasteiger partial charge in [-0.1, -0.05) is 0 Å². The van der Waals surface area contributed by atoms with Crippen LogP contribution in [-0.4, -0.2) is 24.8 Å². The fraction of sp³-hybridized carbons (Fsp3) is 0.800. The number of ether oxygens (including phenoxy) is 1. The highest BCUT2D eigenvalue weighted by molar-refractivity contribution is 5.79. The second-order valence-corrected chi connectivity index (χ2v) is 1.79. The molecule has 0 amide bonds. The number of esters is 1. The Hall–Kier alpha value is -0.780. The van der Waals surface area contributed by atoms with E-state index in [1.54, 1.807) is 0 Å². The molecule has 0 aliphatic carbocycles. The minimum atomic E-state index is -3.68. The first-order valence-electron chi connectivity index (χ1n) is 2.86. The Morgan fingerprint density at radius 3 is 2.45 bits per heavy atom. The number of nitrogens with two attached hydrogens (primary N) is 1. The largest absolute Gasteiger partial charge is 0.462 e. The third kappa shape index (κ3) is 2.38. The minimum absolute atomic E-state index is 0.186. The fourth-order valence-electron chi connectivity index (χ4n) is 0.331. The molecule has 0 aliphatic heterocycles. The summed E-state index contributed by atoms with van der Waals surface area (Å²) in [5, 5.41) is 0. The third-order valence-corrected chi connectivity index (χ3v) is 0.906. The average molecular weight is 171 g/mol. The molecule has 0 heterocycles. The lowest BCUT2D eigenvalue weighted by atomic mass is 10.3. The summed E-state index contributed by atoms with van der Waals surface area (Å²) in [5.41, 5.74) is 4.30. The van der Waals surface area contributed by atoms with Gasteiger partial charge in [-0.3, -0.25) is 5.73 Å². The van der Waals surface area contributed by atoms with Crippen LogP contribution in [0.15, 0.2) is 0 Å². The van der Waals surface area contributed by atoms with Crippen molar-refractivity contribution in [1.29, 1.82) is 0 Å². The smallest absolute Gasteiger partial charge is 0.365 e. The van der Waals surface area contributed by atoms with Gasteiger partial charge in [0, 0.05) is 0 Å². The first-order valence-corrected chi connectivity index (χ1v) is 2.86. The van der Waals surface area contributed by atoms with Crippen molar-refractivity contribution in [2.45, 2.75) is 19.1 Å². The maximum atomic E-state index is 12.3. The van der Waals surface area contributed by atoms with E-state index >= 15 is 0 Å². The predicted octanol–water partition coefficient (Wildman–Crippen LogP) is 0.439. The summed E-state index contributed by atoms with van der Waals surface area (Å²) >= 11 is 0. The summed E-state index contributed by atoms with van der Waals surface area (Å²) in [7, 11) is 0. The van der Waals surface area contributed by atoms with E-state index in [1.807, 2.05) is 0 Å². The molecule has 0 rings (SSSR count). The van der Waals surface area contributed by atoms with Crippen molar-refractivity contribution >= 4 is 5.97 Å². The average Bonchev–Trinajstić information content (AvgIpc) is 1.88. The highest BCUT2D eigenvalue weighted by Gasteiger charge is 2.45. The lowest BCUT2D eigenvalue weighted by Crippen LogP contribution is -2.51. The van der Waals surface area contributed by atoms with Crippen LogP contribution in [0.1, 0.15) is 6.92 Å². The Morgan fingerprint density at radius 2 is 2.18 bits per heavy atom. The molecule has 0 aromatic heterocycles. The van der Waals surface area contributed by atoms with Crippen molar-refractivity contribution in [2.75, 3.05) is 6.61 Å². The zero-order valence-corrected chi connectivity index (χ0v) is 5.81. The van der Waals surface area contributed by atoms with E-state index in [1.165, 1.54) is 6.92 Å². The second kappa shape index (κ2) is 3.56. The van der Waals surface area contributed by atoms with Crippen LogP contribution in [-0.2, 0) is 9.53 Å². The van der Waals surface area contributed by atoms with Crippen LogP contribution in [0.2, 0.25) is 0 Å². The summed E-state index contributed by atoms with van der Waals surface area (Å²) in [6.07, 6.45) is -3.57. The Balaban J connectivity index is 4.18. The van der Waals surface area contributed by atoms with E-state index in [9.17, 15) is 18.0 Å². The highest BCUT2D eigenvalue weighted by atomic mass is 19.3. The van der Waals surface area contributed by atoms with Crippen LogP contribution in [0.25, 0.3) is 0 Å². The first kappa shape index (κ1) is 10.2. The molecule has 0 aliphatic rings. The molecule has 3 nitrogen and oxygen atoms in total. The summed E-state index contributed by atoms with van der Waals surface area (Å²) in [4.78, 5) is 10.3. The highest BCUT2D eigenvalue weighted by Crippen LogP contribution is 2.15. The normalized spacial score (nSPS) is 16.2. The quantitative estimate of drug-likeness (QED) is 0.495. The topological polar surface area (TPSA) is 52.3 Å². The van der Waals surface area contributed by atoms with Gasteiger partial charge in [-0.25, -0.2) is 18.0 Å². The maximum Gasteiger partial charge on any atom is 0.365 e. The number of halogens is 3. The van der Waals surface area contributed by atoms with Crippen LogP contribution < -0.4 is 5.73 Å². The maximum absolute atomic E-state index is 12.3. The molecule has 6 heteroatoms. The van der Waals surface area contributed by atoms with Crippen molar-refractivity contribution in [2.24, 2.45) is 5.73 Å². The molecule has 0 spiro atoms. The number of alkyl halides is 3. The van der Waals surface area contributed by atoms with Gasteiger partial charge in [0.25, 0.3) is 6.43 Å². The van der Waals surface area contributed by atoms with Gasteiger partial charge in [0.15, 0.2) is 0 Å². The molecular formula is C5H8F3NO2. The molecule has 0 aromatic carbocycles. The molecule has 2 N–H and O–H groups in total. The summed E-state index contributed by atoms with van der Waals surface area (Å²) in [6.45, 7) is 1.17. The van der Waals surface area contributed by atoms with Crippen molar-refractivity contribution in [1.82, 2.24) is 0 Å². The molecule has 11 heavy (non-hydrogen) atoms. The van der Waals surface area contributed by atoms with Crippen LogP contribution in [0.5, 0.6) is 0 Å². The van der Waals surface area contributed by atoms with Gasteiger partial charge in [-0.15, -0.1) is 0 Å². The van der Waals surface area contributed by atoms with Crippen molar-refractivity contribution in [3.8, 4) is 0 Å². The van der Waals surface area contributed by atoms with E-state index < -0.39 is 18.2 Å². The van der Waals surface area contributed by atoms with E-state index in [0.717, 1.165) is 0 Å². The van der Waals surface area contributed by atoms with Gasteiger partial charge in [0.05, 0.1) is 6.61 Å². The zero-order valence-electron chi connectivity index (χ0n) is 5.81. The molecule has 1 unspecified atom stereocenters. The molecular weight excluding hydrogens is 163 g/mol. The number of carbonyl (C=O) groups excluding carboxylic acids is 1. The minimum Gasteiger partial charge on any atom is -0.462 e. The van der Waals surface area contributed by atoms with E-state index in [0.29, 0.717) is 0 Å². The van der Waals surface area contributed by atoms with Gasteiger partial charge >= 0.3 is 11.8 Å². The Bertz CT molecular complexity index is 149. The SMILES string of the molecule is CCOC(=O)C(N)(F)C(F)F. The molecule has 0 bridgehead atoms. The Kier molecular flexibility index (Phi) is 3.31. The molecule has 0 fully saturated rings. The predicted molar refractivity (Wildman–Crippen MR) is 30.7 cm³/mol. The summed E-state index contributed by atoms with van der Waals surface area (Å²) < 4.78 is 39.5. The fourth-order valence-corrected chi connectivity index (χ4v) is 0.331. The number of carbonyl (C=O) groups is 1. The standard InChI is InChI=1S/C5H8F3NO2/c1-2-11-4(10)5(8,9)3(6)7/h3H,2,9H2,1H3. The van der Waals surface area contributed by atoms with Crippen LogP contribution in [0.4, 0.5) is 13.2 Å². The zero-order chi connectivity index (χ0) is 9.07. The number of hydrogen-bond acceptors (Lipinski definition) is 3. The Labute approximate surface area is 61.3 Å². The van der Waals surface area contributed by atoms with Crippen LogP contribution in [0, 0.1) is 0 Å². The lowest BCUT2D eigenvalue weighted by molar-refractivity contribution is -0.168. The van der Waals surface area contributed by atoms with Gasteiger partial charge in [0.1, 0.15) is 0 Å². The first-order chi connectivity index (χ1) is 4.92. The van der Waals surface area contributed by atoms with Crippen LogP contribution in [0.3, 0.4) is 0 Å². The van der Waals surface area contributed by atoms with Crippen LogP contribution >= 0.6 is 0 Å². The molecule has 66 valence electrons. The van der Waals surface area contributed by atoms with E-state index in [4.69, 9.17) is 0 Å². The number of rotatable bonds is 3. The van der Waals surface area contributed by atoms with Gasteiger partial charge in [-0.05, 0) is 6.92 Å². The van der Waals surface area contributed by atoms with Gasteiger partial charge in [-0.2, -0.15) is 0 Å². The molecule has 0 radical (unpaired) electrons. The molecule has 0 aromatic rings. The summed E-state index contributed by atoms with van der Waals surface area (Å²) in [5.74, 6) is -5.43. The lowest BCUT2D eigenvalue weighted by Gasteiger charge is -2.16. The molecule has 1 atom stereocenters. The summed E-state index contributed by atoms with van der Waals surface area (Å²) in [6, 6.07) is 0. The van der Waals surface area contributed by atoms with Crippen molar-refractivity contribution < 1.29 is 22.7 Å². The van der Waals surface area contributed by atoms with Crippen molar-refractivity contribution in [3.63, 3.8) is 0 Å². The van der Waals surface area contributed by atoms with E-state index in [-0.39, 0.29) is 6.61 Å². The third-order valence-electron chi connectivity index (χ3n) is 0.906. The van der Waals surface area contributed by atoms with Gasteiger partial charge in [0.2, 0.25) is 0 Å². The monoisotopic (exact) mass is 171 g/mol. The second-order valence-electron chi connectivity index (χ2n) is 1.79.